The Balaban J connectivity index is 0.00000182. The number of hydrogen-bond acceptors (Lipinski definition) is 7. The van der Waals surface area contributed by atoms with Gasteiger partial charge in [0.1, 0.15) is 40.2 Å². The molecule has 3 fully saturated rings. The molecule has 1 aliphatic heterocycles. The van der Waals surface area contributed by atoms with Gasteiger partial charge in [0.05, 0.1) is 12.2 Å². The first-order chi connectivity index (χ1) is 22.4. The van der Waals surface area contributed by atoms with Crippen LogP contribution in [0.15, 0.2) is 42.9 Å². The highest BCUT2D eigenvalue weighted by atomic mass is 19.1. The van der Waals surface area contributed by atoms with Crippen LogP contribution >= 0.6 is 0 Å². The maximum atomic E-state index is 16.2. The Morgan fingerprint density at radius 3 is 2.63 bits per heavy atom. The summed E-state index contributed by atoms with van der Waals surface area (Å²) < 4.78 is 23.9. The molecule has 46 heavy (non-hydrogen) atoms. The summed E-state index contributed by atoms with van der Waals surface area (Å²) in [6, 6.07) is 6.53. The summed E-state index contributed by atoms with van der Waals surface area (Å²) in [5.74, 6) is 1.48. The van der Waals surface area contributed by atoms with Gasteiger partial charge >= 0.3 is 0 Å². The van der Waals surface area contributed by atoms with Crippen LogP contribution in [0.5, 0.6) is 5.75 Å². The van der Waals surface area contributed by atoms with Gasteiger partial charge in [0, 0.05) is 49.6 Å². The molecular formula is C35H38FN7O3. The Morgan fingerprint density at radius 2 is 1.89 bits per heavy atom. The molecule has 4 aromatic rings. The van der Waals surface area contributed by atoms with Gasteiger partial charge in [-0.2, -0.15) is 0 Å². The van der Waals surface area contributed by atoms with Crippen molar-refractivity contribution in [3.05, 3.63) is 65.6 Å². The summed E-state index contributed by atoms with van der Waals surface area (Å²) in [6.07, 6.45) is 19.8. The number of terminal acetylenes is 1. The van der Waals surface area contributed by atoms with Crippen LogP contribution in [0.2, 0.25) is 0 Å². The molecule has 4 heterocycles. The minimum Gasteiger partial charge on any atom is -0.493 e. The largest absolute Gasteiger partial charge is 0.493 e. The lowest BCUT2D eigenvalue weighted by Gasteiger charge is -2.32. The molecule has 3 aliphatic rings. The van der Waals surface area contributed by atoms with E-state index in [0.717, 1.165) is 50.6 Å². The standard InChI is InChI=1S/C33H36FN7O3.C2H2/c1-2-44-25-16-23(33(43)38-26-17-21(9-10-36-26)20-7-8-20)15-24(34)28(25)29-30-31(35)37-11-13-41(30)32(39-29)22-4-3-12-40(18-22)27(42)14-19-5-6-19;1-2/h9-11,13,15-17,19-20,22H,2-8,12,14,18H2,1H3,(H2,35,37)(H,36,38,43);1-2H/t22-;/m1./s1. The van der Waals surface area contributed by atoms with E-state index in [1.165, 1.54) is 12.1 Å². The molecule has 7 rings (SSSR count). The highest BCUT2D eigenvalue weighted by Crippen LogP contribution is 2.42. The lowest BCUT2D eigenvalue weighted by atomic mass is 9.96. The number of imidazole rings is 1. The maximum Gasteiger partial charge on any atom is 0.257 e. The van der Waals surface area contributed by atoms with E-state index in [2.05, 4.69) is 28.1 Å². The van der Waals surface area contributed by atoms with E-state index in [-0.39, 0.29) is 41.1 Å². The Labute approximate surface area is 267 Å². The summed E-state index contributed by atoms with van der Waals surface area (Å²) in [5.41, 5.74) is 8.47. The number of nitrogen functional groups attached to an aromatic ring is 1. The lowest BCUT2D eigenvalue weighted by Crippen LogP contribution is -2.39. The predicted molar refractivity (Wildman–Crippen MR) is 174 cm³/mol. The minimum atomic E-state index is -0.666. The molecule has 2 saturated carbocycles. The molecule has 1 saturated heterocycles. The zero-order valence-electron chi connectivity index (χ0n) is 25.9. The Morgan fingerprint density at radius 1 is 1.09 bits per heavy atom. The number of amides is 2. The number of fused-ring (bicyclic) bond motifs is 1. The number of pyridine rings is 1. The quantitative estimate of drug-likeness (QED) is 0.226. The van der Waals surface area contributed by atoms with Gasteiger partial charge in [-0.3, -0.25) is 14.0 Å². The van der Waals surface area contributed by atoms with Gasteiger partial charge < -0.3 is 20.7 Å². The number of likely N-dealkylation sites (tertiary alicyclic amines) is 1. The van der Waals surface area contributed by atoms with Gasteiger partial charge in [-0.15, -0.1) is 12.8 Å². The molecule has 10 nitrogen and oxygen atoms in total. The number of benzene rings is 1. The highest BCUT2D eigenvalue weighted by Gasteiger charge is 2.33. The molecule has 0 unspecified atom stereocenters. The molecule has 2 amide bonds. The van der Waals surface area contributed by atoms with Crippen molar-refractivity contribution in [1.82, 2.24) is 24.3 Å². The first-order valence-corrected chi connectivity index (χ1v) is 15.9. The van der Waals surface area contributed by atoms with E-state index in [0.29, 0.717) is 47.7 Å². The van der Waals surface area contributed by atoms with E-state index in [4.69, 9.17) is 15.5 Å². The smallest absolute Gasteiger partial charge is 0.257 e. The van der Waals surface area contributed by atoms with Gasteiger partial charge in [-0.25, -0.2) is 19.3 Å². The number of piperidine rings is 1. The fourth-order valence-electron chi connectivity index (χ4n) is 6.25. The molecule has 238 valence electrons. The van der Waals surface area contributed by atoms with Crippen LogP contribution in [-0.2, 0) is 4.79 Å². The number of carbonyl (C=O) groups is 2. The summed E-state index contributed by atoms with van der Waals surface area (Å²) in [4.78, 5) is 41.6. The number of ether oxygens (including phenoxy) is 1. The molecule has 0 radical (unpaired) electrons. The zero-order valence-corrected chi connectivity index (χ0v) is 25.9. The topological polar surface area (TPSA) is 128 Å². The van der Waals surface area contributed by atoms with Crippen LogP contribution in [-0.4, -0.2) is 55.8 Å². The van der Waals surface area contributed by atoms with Crippen molar-refractivity contribution in [2.75, 3.05) is 30.7 Å². The van der Waals surface area contributed by atoms with Crippen LogP contribution in [0.4, 0.5) is 16.0 Å². The average Bonchev–Trinajstić information content (AvgIpc) is 4.01. The lowest BCUT2D eigenvalue weighted by molar-refractivity contribution is -0.132. The molecule has 11 heteroatoms. The summed E-state index contributed by atoms with van der Waals surface area (Å²) in [7, 11) is 0. The Hall–Kier alpha value is -4.98. The van der Waals surface area contributed by atoms with Crippen LogP contribution in [0.1, 0.15) is 85.5 Å². The number of nitrogens with one attached hydrogen (secondary N) is 1. The molecule has 1 atom stereocenters. The minimum absolute atomic E-state index is 0.0579. The predicted octanol–water partition coefficient (Wildman–Crippen LogP) is 5.80. The zero-order chi connectivity index (χ0) is 32.4. The van der Waals surface area contributed by atoms with E-state index in [1.807, 2.05) is 21.4 Å². The average molecular weight is 624 g/mol. The molecular weight excluding hydrogens is 585 g/mol. The monoisotopic (exact) mass is 623 g/mol. The van der Waals surface area contributed by atoms with Crippen molar-refractivity contribution in [1.29, 1.82) is 0 Å². The number of nitrogens with zero attached hydrogens (tertiary/aromatic N) is 5. The SMILES string of the molecule is C#C.CCOc1cc(C(=O)Nc2cc(C3CC3)ccn2)cc(F)c1-c1nc([C@@H]2CCCN(C(=O)CC3CC3)C2)n2ccnc(N)c12. The van der Waals surface area contributed by atoms with Crippen molar-refractivity contribution in [3.8, 4) is 29.9 Å². The number of anilines is 2. The number of halogens is 1. The summed E-state index contributed by atoms with van der Waals surface area (Å²) in [6.45, 7) is 3.32. The third-order valence-corrected chi connectivity index (χ3v) is 8.84. The molecule has 3 N–H and O–H groups in total. The van der Waals surface area contributed by atoms with Gasteiger partial charge in [0.2, 0.25) is 5.91 Å². The van der Waals surface area contributed by atoms with Crippen LogP contribution in [0.25, 0.3) is 16.8 Å². The second-order valence-electron chi connectivity index (χ2n) is 12.1. The maximum absolute atomic E-state index is 16.2. The molecule has 2 aliphatic carbocycles. The second-order valence-corrected chi connectivity index (χ2v) is 12.1. The molecule has 3 aromatic heterocycles. The van der Waals surface area contributed by atoms with Crippen molar-refractivity contribution in [2.45, 2.75) is 63.7 Å². The Kier molecular flexibility index (Phi) is 8.88. The summed E-state index contributed by atoms with van der Waals surface area (Å²) in [5, 5.41) is 2.80. The van der Waals surface area contributed by atoms with E-state index in [9.17, 15) is 9.59 Å². The number of carbonyl (C=O) groups excluding carboxylic acids is 2. The summed E-state index contributed by atoms with van der Waals surface area (Å²) >= 11 is 0. The third kappa shape index (κ3) is 6.38. The van der Waals surface area contributed by atoms with Crippen molar-refractivity contribution in [3.63, 3.8) is 0 Å². The first kappa shape index (κ1) is 31.0. The number of rotatable bonds is 9. The Bertz CT molecular complexity index is 1790. The van der Waals surface area contributed by atoms with Crippen LogP contribution < -0.4 is 15.8 Å². The van der Waals surface area contributed by atoms with Crippen LogP contribution in [0.3, 0.4) is 0 Å². The van der Waals surface area contributed by atoms with E-state index < -0.39 is 11.7 Å². The van der Waals surface area contributed by atoms with Crippen molar-refractivity contribution >= 4 is 29.0 Å². The first-order valence-electron chi connectivity index (χ1n) is 15.9. The number of nitrogens with two attached hydrogens (primary N) is 1. The normalized spacial score (nSPS) is 17.7. The van der Waals surface area contributed by atoms with Gasteiger partial charge in [0.25, 0.3) is 5.91 Å². The fourth-order valence-corrected chi connectivity index (χ4v) is 6.25. The molecule has 0 bridgehead atoms. The van der Waals surface area contributed by atoms with Crippen molar-refractivity contribution in [2.24, 2.45) is 5.92 Å². The molecule has 1 aromatic carbocycles. The van der Waals surface area contributed by atoms with Gasteiger partial charge in [-0.1, -0.05) is 0 Å². The van der Waals surface area contributed by atoms with Gasteiger partial charge in [-0.05, 0) is 87.1 Å². The third-order valence-electron chi connectivity index (χ3n) is 8.84. The fraction of sp³-hybridized carbons (Fsp3) is 0.400. The van der Waals surface area contributed by atoms with Crippen LogP contribution in [0, 0.1) is 24.6 Å². The number of aromatic nitrogens is 4. The highest BCUT2D eigenvalue weighted by molar-refractivity contribution is 6.05. The van der Waals surface area contributed by atoms with Crippen molar-refractivity contribution < 1.29 is 18.7 Å². The van der Waals surface area contributed by atoms with E-state index >= 15 is 4.39 Å². The van der Waals surface area contributed by atoms with Gasteiger partial charge in [0.15, 0.2) is 0 Å². The molecule has 0 spiro atoms. The van der Waals surface area contributed by atoms with E-state index in [1.54, 1.807) is 25.5 Å². The second kappa shape index (κ2) is 13.2. The number of hydrogen-bond donors (Lipinski definition) is 2.